The Bertz CT molecular complexity index is 240. The molecule has 0 aromatic rings. The van der Waals surface area contributed by atoms with Crippen LogP contribution in [0.5, 0.6) is 0 Å². The minimum absolute atomic E-state index is 0.355. The van der Waals surface area contributed by atoms with E-state index in [1.165, 1.54) is 44.5 Å². The second-order valence-electron chi connectivity index (χ2n) is 6.04. The molecule has 1 aliphatic heterocycles. The molecule has 18 heavy (non-hydrogen) atoms. The fraction of sp³-hybridized carbons (Fsp3) is 1.00. The van der Waals surface area contributed by atoms with Crippen LogP contribution in [0.2, 0.25) is 0 Å². The third-order valence-electron chi connectivity index (χ3n) is 4.03. The minimum atomic E-state index is 0.355. The standard InChI is InChI=1S/C14H28N2OS/c1-16(7-9-18-2)11-14(6-3-8-17-12-14)10-15-13-4-5-13/h13,15H,3-12H2,1-2H3. The molecule has 3 nitrogen and oxygen atoms in total. The first-order valence-corrected chi connectivity index (χ1v) is 8.62. The first-order valence-electron chi connectivity index (χ1n) is 7.23. The average molecular weight is 272 g/mol. The molecule has 2 aliphatic rings. The Morgan fingerprint density at radius 3 is 2.89 bits per heavy atom. The first-order chi connectivity index (χ1) is 8.74. The molecule has 4 heteroatoms. The van der Waals surface area contributed by atoms with Crippen LogP contribution in [0.4, 0.5) is 0 Å². The number of nitrogens with one attached hydrogen (secondary N) is 1. The SMILES string of the molecule is CSCCN(C)CC1(CNC2CC2)CCCOC1. The van der Waals surface area contributed by atoms with Gasteiger partial charge in [0.05, 0.1) is 6.61 Å². The lowest BCUT2D eigenvalue weighted by molar-refractivity contribution is -0.0221. The topological polar surface area (TPSA) is 24.5 Å². The van der Waals surface area contributed by atoms with Gasteiger partial charge >= 0.3 is 0 Å². The quantitative estimate of drug-likeness (QED) is 0.728. The van der Waals surface area contributed by atoms with Crippen molar-refractivity contribution in [3.63, 3.8) is 0 Å². The van der Waals surface area contributed by atoms with E-state index in [1.807, 2.05) is 11.8 Å². The molecule has 1 aliphatic carbocycles. The second-order valence-corrected chi connectivity index (χ2v) is 7.03. The zero-order valence-electron chi connectivity index (χ0n) is 11.9. The van der Waals surface area contributed by atoms with E-state index in [0.29, 0.717) is 5.41 Å². The number of thioether (sulfide) groups is 1. The Labute approximate surface area is 116 Å². The highest BCUT2D eigenvalue weighted by atomic mass is 32.2. The molecule has 1 N–H and O–H groups in total. The van der Waals surface area contributed by atoms with E-state index in [0.717, 1.165) is 25.8 Å². The first kappa shape index (κ1) is 14.6. The summed E-state index contributed by atoms with van der Waals surface area (Å²) in [7, 11) is 2.25. The van der Waals surface area contributed by atoms with E-state index in [-0.39, 0.29) is 0 Å². The van der Waals surface area contributed by atoms with Gasteiger partial charge in [0, 0.05) is 43.5 Å². The van der Waals surface area contributed by atoms with E-state index in [2.05, 4.69) is 23.5 Å². The fourth-order valence-electron chi connectivity index (χ4n) is 2.78. The molecule has 0 bridgehead atoms. The molecule has 0 spiro atoms. The van der Waals surface area contributed by atoms with Gasteiger partial charge in [0.15, 0.2) is 0 Å². The molecule has 2 rings (SSSR count). The van der Waals surface area contributed by atoms with Gasteiger partial charge in [-0.15, -0.1) is 0 Å². The maximum Gasteiger partial charge on any atom is 0.0546 e. The van der Waals surface area contributed by atoms with Crippen molar-refractivity contribution in [2.45, 2.75) is 31.7 Å². The highest BCUT2D eigenvalue weighted by Crippen LogP contribution is 2.30. The zero-order valence-corrected chi connectivity index (χ0v) is 12.7. The van der Waals surface area contributed by atoms with Gasteiger partial charge in [0.2, 0.25) is 0 Å². The molecular formula is C14H28N2OS. The molecule has 2 fully saturated rings. The number of hydrogen-bond donors (Lipinski definition) is 1. The van der Waals surface area contributed by atoms with E-state index >= 15 is 0 Å². The molecule has 1 unspecified atom stereocenters. The van der Waals surface area contributed by atoms with Crippen molar-refractivity contribution in [3.05, 3.63) is 0 Å². The summed E-state index contributed by atoms with van der Waals surface area (Å²) in [6.45, 7) is 5.40. The molecule has 106 valence electrons. The van der Waals surface area contributed by atoms with Crippen molar-refractivity contribution in [2.75, 3.05) is 51.9 Å². The Morgan fingerprint density at radius 1 is 1.44 bits per heavy atom. The van der Waals surface area contributed by atoms with Crippen molar-refractivity contribution in [1.29, 1.82) is 0 Å². The van der Waals surface area contributed by atoms with E-state index in [4.69, 9.17) is 4.74 Å². The molecule has 1 saturated heterocycles. The van der Waals surface area contributed by atoms with Crippen molar-refractivity contribution < 1.29 is 4.74 Å². The van der Waals surface area contributed by atoms with Gasteiger partial charge < -0.3 is 15.0 Å². The summed E-state index contributed by atoms with van der Waals surface area (Å²) in [5, 5.41) is 3.72. The molecule has 0 aromatic heterocycles. The van der Waals surface area contributed by atoms with Crippen LogP contribution in [0.1, 0.15) is 25.7 Å². The lowest BCUT2D eigenvalue weighted by Gasteiger charge is -2.40. The molecule has 0 aromatic carbocycles. The number of ether oxygens (including phenoxy) is 1. The summed E-state index contributed by atoms with van der Waals surface area (Å²) in [5.74, 6) is 1.23. The highest BCUT2D eigenvalue weighted by Gasteiger charge is 2.35. The van der Waals surface area contributed by atoms with Crippen LogP contribution in [-0.4, -0.2) is 62.8 Å². The minimum Gasteiger partial charge on any atom is -0.381 e. The van der Waals surface area contributed by atoms with Crippen LogP contribution in [-0.2, 0) is 4.74 Å². The van der Waals surface area contributed by atoms with Gasteiger partial charge in [-0.25, -0.2) is 0 Å². The fourth-order valence-corrected chi connectivity index (χ4v) is 3.27. The zero-order chi connectivity index (χ0) is 12.8. The van der Waals surface area contributed by atoms with Crippen LogP contribution in [0, 0.1) is 5.41 Å². The maximum atomic E-state index is 5.77. The Morgan fingerprint density at radius 2 is 2.28 bits per heavy atom. The number of nitrogens with zero attached hydrogens (tertiary/aromatic N) is 1. The summed E-state index contributed by atoms with van der Waals surface area (Å²) in [6.07, 6.45) is 7.47. The smallest absolute Gasteiger partial charge is 0.0546 e. The maximum absolute atomic E-state index is 5.77. The predicted molar refractivity (Wildman–Crippen MR) is 79.4 cm³/mol. The summed E-state index contributed by atoms with van der Waals surface area (Å²) >= 11 is 1.93. The molecule has 1 saturated carbocycles. The molecule has 0 amide bonds. The van der Waals surface area contributed by atoms with Gasteiger partial charge in [-0.3, -0.25) is 0 Å². The molecular weight excluding hydrogens is 244 g/mol. The third kappa shape index (κ3) is 4.72. The van der Waals surface area contributed by atoms with Crippen molar-refractivity contribution in [2.24, 2.45) is 5.41 Å². The molecule has 1 heterocycles. The average Bonchev–Trinajstić information content (AvgIpc) is 3.19. The Kier molecular flexibility index (Phi) is 5.80. The summed E-state index contributed by atoms with van der Waals surface area (Å²) in [5.41, 5.74) is 0.355. The third-order valence-corrected chi connectivity index (χ3v) is 4.62. The van der Waals surface area contributed by atoms with Gasteiger partial charge in [0.1, 0.15) is 0 Å². The van der Waals surface area contributed by atoms with Gasteiger partial charge in [-0.1, -0.05) is 0 Å². The number of hydrogen-bond acceptors (Lipinski definition) is 4. The van der Waals surface area contributed by atoms with Crippen LogP contribution < -0.4 is 5.32 Å². The van der Waals surface area contributed by atoms with Crippen molar-refractivity contribution in [3.8, 4) is 0 Å². The number of rotatable bonds is 8. The van der Waals surface area contributed by atoms with Crippen LogP contribution >= 0.6 is 11.8 Å². The molecule has 1 atom stereocenters. The highest BCUT2D eigenvalue weighted by molar-refractivity contribution is 7.98. The van der Waals surface area contributed by atoms with E-state index in [1.54, 1.807) is 0 Å². The van der Waals surface area contributed by atoms with E-state index in [9.17, 15) is 0 Å². The predicted octanol–water partition coefficient (Wildman–Crippen LogP) is 1.83. The van der Waals surface area contributed by atoms with Crippen molar-refractivity contribution in [1.82, 2.24) is 10.2 Å². The summed E-state index contributed by atoms with van der Waals surface area (Å²) in [4.78, 5) is 2.49. The Balaban J connectivity index is 1.81. The van der Waals surface area contributed by atoms with Gasteiger partial charge in [-0.05, 0) is 39.0 Å². The van der Waals surface area contributed by atoms with Gasteiger partial charge in [-0.2, -0.15) is 11.8 Å². The summed E-state index contributed by atoms with van der Waals surface area (Å²) < 4.78 is 5.77. The summed E-state index contributed by atoms with van der Waals surface area (Å²) in [6, 6.07) is 0.806. The van der Waals surface area contributed by atoms with E-state index < -0.39 is 0 Å². The Hall–Kier alpha value is 0.230. The normalized spacial score (nSPS) is 28.8. The van der Waals surface area contributed by atoms with Crippen LogP contribution in [0.3, 0.4) is 0 Å². The lowest BCUT2D eigenvalue weighted by Crippen LogP contribution is -2.49. The molecule has 0 radical (unpaired) electrons. The van der Waals surface area contributed by atoms with Crippen molar-refractivity contribution >= 4 is 11.8 Å². The van der Waals surface area contributed by atoms with Gasteiger partial charge in [0.25, 0.3) is 0 Å². The van der Waals surface area contributed by atoms with Crippen LogP contribution in [0.15, 0.2) is 0 Å². The lowest BCUT2D eigenvalue weighted by atomic mass is 9.81. The largest absolute Gasteiger partial charge is 0.381 e. The second kappa shape index (κ2) is 7.13. The van der Waals surface area contributed by atoms with Crippen LogP contribution in [0.25, 0.3) is 0 Å². The monoisotopic (exact) mass is 272 g/mol.